The first kappa shape index (κ1) is 19.1. The van der Waals surface area contributed by atoms with Gasteiger partial charge in [-0.3, -0.25) is 9.59 Å². The van der Waals surface area contributed by atoms with Crippen molar-refractivity contribution in [2.75, 3.05) is 12.4 Å². The number of anilines is 1. The first-order valence-corrected chi connectivity index (χ1v) is 8.12. The molecule has 0 saturated heterocycles. The van der Waals surface area contributed by atoms with Gasteiger partial charge in [0.2, 0.25) is 5.91 Å². The van der Waals surface area contributed by atoms with Crippen LogP contribution in [0, 0.1) is 0 Å². The third-order valence-electron chi connectivity index (χ3n) is 3.66. The second kappa shape index (κ2) is 8.71. The van der Waals surface area contributed by atoms with Gasteiger partial charge >= 0.3 is 0 Å². The van der Waals surface area contributed by atoms with Crippen molar-refractivity contribution in [1.29, 1.82) is 0 Å². The summed E-state index contributed by atoms with van der Waals surface area (Å²) in [6, 6.07) is 11.8. The van der Waals surface area contributed by atoms with Gasteiger partial charge in [-0.2, -0.15) is 0 Å². The number of ether oxygens (including phenoxy) is 2. The number of methoxy groups -OCH3 is 1. The van der Waals surface area contributed by atoms with Crippen LogP contribution in [0.2, 0.25) is 0 Å². The van der Waals surface area contributed by atoms with Crippen molar-refractivity contribution in [3.8, 4) is 11.5 Å². The molecule has 0 spiro atoms. The quantitative estimate of drug-likeness (QED) is 0.799. The SMILES string of the molecule is CC=Cc1ccc(OC(C)C(=O)Nc2ccc(C(N)=O)cc2)c(OC)c1. The highest BCUT2D eigenvalue weighted by Gasteiger charge is 2.17. The average Bonchev–Trinajstić information content (AvgIpc) is 2.63. The fraction of sp³-hybridized carbons (Fsp3) is 0.200. The van der Waals surface area contributed by atoms with Gasteiger partial charge in [-0.15, -0.1) is 0 Å². The van der Waals surface area contributed by atoms with Gasteiger partial charge in [0.1, 0.15) is 0 Å². The van der Waals surface area contributed by atoms with Crippen LogP contribution in [0.3, 0.4) is 0 Å². The number of nitrogens with two attached hydrogens (primary N) is 1. The van der Waals surface area contributed by atoms with Gasteiger partial charge < -0.3 is 20.5 Å². The van der Waals surface area contributed by atoms with Crippen molar-refractivity contribution >= 4 is 23.6 Å². The third-order valence-corrected chi connectivity index (χ3v) is 3.66. The van der Waals surface area contributed by atoms with E-state index in [9.17, 15) is 9.59 Å². The van der Waals surface area contributed by atoms with Crippen LogP contribution in [0.5, 0.6) is 11.5 Å². The molecule has 6 nitrogen and oxygen atoms in total. The number of hydrogen-bond donors (Lipinski definition) is 2. The number of benzene rings is 2. The average molecular weight is 354 g/mol. The summed E-state index contributed by atoms with van der Waals surface area (Å²) in [4.78, 5) is 23.4. The second-order valence-corrected chi connectivity index (χ2v) is 5.60. The lowest BCUT2D eigenvalue weighted by molar-refractivity contribution is -0.122. The van der Waals surface area contributed by atoms with Crippen molar-refractivity contribution in [3.05, 3.63) is 59.7 Å². The Morgan fingerprint density at radius 2 is 1.81 bits per heavy atom. The summed E-state index contributed by atoms with van der Waals surface area (Å²) in [6.07, 6.45) is 3.12. The van der Waals surface area contributed by atoms with E-state index in [0.717, 1.165) is 5.56 Å². The maximum absolute atomic E-state index is 12.3. The first-order chi connectivity index (χ1) is 12.4. The van der Waals surface area contributed by atoms with E-state index >= 15 is 0 Å². The lowest BCUT2D eigenvalue weighted by Gasteiger charge is -2.17. The Labute approximate surface area is 152 Å². The molecular formula is C20H22N2O4. The molecule has 0 fully saturated rings. The smallest absolute Gasteiger partial charge is 0.265 e. The maximum Gasteiger partial charge on any atom is 0.265 e. The summed E-state index contributed by atoms with van der Waals surface area (Å²) < 4.78 is 11.1. The molecule has 0 bridgehead atoms. The molecule has 6 heteroatoms. The second-order valence-electron chi connectivity index (χ2n) is 5.60. The van der Waals surface area contributed by atoms with Crippen molar-refractivity contribution in [3.63, 3.8) is 0 Å². The summed E-state index contributed by atoms with van der Waals surface area (Å²) in [7, 11) is 1.55. The summed E-state index contributed by atoms with van der Waals surface area (Å²) >= 11 is 0. The fourth-order valence-corrected chi connectivity index (χ4v) is 2.28. The number of amides is 2. The Hall–Kier alpha value is -3.28. The molecule has 1 unspecified atom stereocenters. The predicted octanol–water partition coefficient (Wildman–Crippen LogP) is 3.23. The van der Waals surface area contributed by atoms with Crippen LogP contribution in [0.4, 0.5) is 5.69 Å². The Morgan fingerprint density at radius 3 is 2.38 bits per heavy atom. The van der Waals surface area contributed by atoms with Crippen LogP contribution in [0.15, 0.2) is 48.5 Å². The van der Waals surface area contributed by atoms with E-state index in [0.29, 0.717) is 22.7 Å². The van der Waals surface area contributed by atoms with E-state index in [4.69, 9.17) is 15.2 Å². The normalized spacial score (nSPS) is 11.8. The molecular weight excluding hydrogens is 332 g/mol. The summed E-state index contributed by atoms with van der Waals surface area (Å²) in [5, 5.41) is 2.73. The van der Waals surface area contributed by atoms with Gasteiger partial charge in [-0.05, 0) is 55.8 Å². The lowest BCUT2D eigenvalue weighted by atomic mass is 10.2. The fourth-order valence-electron chi connectivity index (χ4n) is 2.28. The van der Waals surface area contributed by atoms with Gasteiger partial charge in [0.15, 0.2) is 17.6 Å². The molecule has 0 radical (unpaired) electrons. The number of nitrogens with one attached hydrogen (secondary N) is 1. The first-order valence-electron chi connectivity index (χ1n) is 8.12. The van der Waals surface area contributed by atoms with Crippen molar-refractivity contribution in [2.45, 2.75) is 20.0 Å². The summed E-state index contributed by atoms with van der Waals surface area (Å²) in [5.74, 6) is 0.183. The Bertz CT molecular complexity index is 813. The van der Waals surface area contributed by atoms with Crippen LogP contribution in [-0.2, 0) is 4.79 Å². The topological polar surface area (TPSA) is 90.6 Å². The number of carbonyl (C=O) groups is 2. The number of allylic oxidation sites excluding steroid dienone is 1. The van der Waals surface area contributed by atoms with Crippen molar-refractivity contribution in [1.82, 2.24) is 0 Å². The molecule has 0 saturated carbocycles. The molecule has 2 amide bonds. The number of hydrogen-bond acceptors (Lipinski definition) is 4. The number of primary amides is 1. The molecule has 136 valence electrons. The molecule has 2 rings (SSSR count). The van der Waals surface area contributed by atoms with E-state index in [1.807, 2.05) is 31.2 Å². The minimum atomic E-state index is -0.743. The van der Waals surface area contributed by atoms with Crippen LogP contribution in [0.1, 0.15) is 29.8 Å². The Morgan fingerprint density at radius 1 is 1.12 bits per heavy atom. The van der Waals surface area contributed by atoms with E-state index < -0.39 is 12.0 Å². The Balaban J connectivity index is 2.05. The van der Waals surface area contributed by atoms with Crippen molar-refractivity contribution < 1.29 is 19.1 Å². The zero-order valence-corrected chi connectivity index (χ0v) is 15.0. The molecule has 0 aromatic heterocycles. The number of rotatable bonds is 7. The van der Waals surface area contributed by atoms with Gasteiger partial charge in [0.25, 0.3) is 5.91 Å². The highest BCUT2D eigenvalue weighted by atomic mass is 16.5. The van der Waals surface area contributed by atoms with Gasteiger partial charge in [-0.25, -0.2) is 0 Å². The van der Waals surface area contributed by atoms with E-state index in [1.54, 1.807) is 44.4 Å². The molecule has 0 heterocycles. The molecule has 26 heavy (non-hydrogen) atoms. The molecule has 2 aromatic carbocycles. The van der Waals surface area contributed by atoms with Gasteiger partial charge in [0.05, 0.1) is 7.11 Å². The largest absolute Gasteiger partial charge is 0.493 e. The monoisotopic (exact) mass is 354 g/mol. The highest BCUT2D eigenvalue weighted by molar-refractivity contribution is 5.96. The highest BCUT2D eigenvalue weighted by Crippen LogP contribution is 2.29. The third kappa shape index (κ3) is 4.86. The zero-order valence-electron chi connectivity index (χ0n) is 15.0. The van der Waals surface area contributed by atoms with Crippen LogP contribution >= 0.6 is 0 Å². The van der Waals surface area contributed by atoms with Crippen LogP contribution in [0.25, 0.3) is 6.08 Å². The minimum absolute atomic E-state index is 0.323. The lowest BCUT2D eigenvalue weighted by Crippen LogP contribution is -2.30. The molecule has 0 aliphatic rings. The van der Waals surface area contributed by atoms with E-state index in [1.165, 1.54) is 0 Å². The predicted molar refractivity (Wildman–Crippen MR) is 101 cm³/mol. The van der Waals surface area contributed by atoms with Gasteiger partial charge in [0, 0.05) is 11.3 Å². The van der Waals surface area contributed by atoms with Gasteiger partial charge in [-0.1, -0.05) is 18.2 Å². The number of carbonyl (C=O) groups excluding carboxylic acids is 2. The van der Waals surface area contributed by atoms with E-state index in [-0.39, 0.29) is 5.91 Å². The standard InChI is InChI=1S/C20H22N2O4/c1-4-5-14-6-11-17(18(12-14)25-3)26-13(2)20(24)22-16-9-7-15(8-10-16)19(21)23/h4-13H,1-3H3,(H2,21,23)(H,22,24). The maximum atomic E-state index is 12.3. The summed E-state index contributed by atoms with van der Waals surface area (Å²) in [6.45, 7) is 3.58. The molecule has 0 aliphatic heterocycles. The van der Waals surface area contributed by atoms with Crippen LogP contribution in [-0.4, -0.2) is 25.0 Å². The molecule has 1 atom stereocenters. The van der Waals surface area contributed by atoms with Crippen molar-refractivity contribution in [2.24, 2.45) is 5.73 Å². The van der Waals surface area contributed by atoms with Crippen LogP contribution < -0.4 is 20.5 Å². The zero-order chi connectivity index (χ0) is 19.1. The molecule has 0 aliphatic carbocycles. The molecule has 3 N–H and O–H groups in total. The molecule has 2 aromatic rings. The minimum Gasteiger partial charge on any atom is -0.493 e. The summed E-state index contributed by atoms with van der Waals surface area (Å²) in [5.41, 5.74) is 7.09. The Kier molecular flexibility index (Phi) is 6.38. The van der Waals surface area contributed by atoms with E-state index in [2.05, 4.69) is 5.32 Å².